The summed E-state index contributed by atoms with van der Waals surface area (Å²) in [5, 5.41) is 0. The van der Waals surface area contributed by atoms with Gasteiger partial charge >= 0.3 is 17.6 Å². The van der Waals surface area contributed by atoms with E-state index in [4.69, 9.17) is 0 Å². The predicted octanol–water partition coefficient (Wildman–Crippen LogP) is -1.00. The Bertz CT molecular complexity index is 7.51. The molecule has 0 aromatic heterocycles. The van der Waals surface area contributed by atoms with Crippen molar-refractivity contribution in [1.82, 2.24) is 0 Å². The summed E-state index contributed by atoms with van der Waals surface area (Å²) < 4.78 is 0. The van der Waals surface area contributed by atoms with E-state index >= 15 is 0 Å². The topological polar surface area (TPSA) is 0 Å². The van der Waals surface area contributed by atoms with Crippen molar-refractivity contribution in [2.45, 2.75) is 0 Å². The molecule has 0 rings (SSSR count). The molecule has 0 amide bonds. The summed E-state index contributed by atoms with van der Waals surface area (Å²) in [5.41, 5.74) is 0. The largest absolute Gasteiger partial charge is 0 e. The van der Waals surface area contributed by atoms with Crippen molar-refractivity contribution in [2.24, 2.45) is 0 Å². The van der Waals surface area contributed by atoms with E-state index in [1.54, 1.807) is 0 Å². The molecular weight excluding hydrogens is 266 g/mol. The average Bonchev–Trinajstić information content (AvgIpc) is 0. The second-order valence-electron chi connectivity index (χ2n) is 0. The van der Waals surface area contributed by atoms with E-state index in [0.717, 1.165) is 0 Å². The van der Waals surface area contributed by atoms with Crippen molar-refractivity contribution in [3.05, 3.63) is 0 Å². The molecule has 0 N–H and O–H groups in total. The zero-order valence-electron chi connectivity index (χ0n) is 2.71. The van der Waals surface area contributed by atoms with E-state index < -0.39 is 0 Å². The maximum Gasteiger partial charge on any atom is 0 e. The van der Waals surface area contributed by atoms with Crippen LogP contribution in [0.15, 0.2) is 0 Å². The van der Waals surface area contributed by atoms with Crippen LogP contribution in [0, 0.1) is 0 Å². The molecule has 0 aromatic rings. The molecule has 0 aliphatic carbocycles. The normalized spacial score (nSPS) is 0. The van der Waals surface area contributed by atoms with Gasteiger partial charge in [-0.05, 0) is 0 Å². The molecule has 42 valence electrons. The number of hydrogen-bond donors (Lipinski definition) is 0. The monoisotopic (exact) mass is 278 g/mol. The van der Waals surface area contributed by atoms with Gasteiger partial charge in [-0.2, -0.15) is 54.0 Å². The Hall–Kier alpha value is 2.57. The molecule has 6 heteroatoms. The van der Waals surface area contributed by atoms with Crippen molar-refractivity contribution in [3.8, 4) is 0 Å². The summed E-state index contributed by atoms with van der Waals surface area (Å²) in [6, 6.07) is 0. The Morgan fingerprint density at radius 2 is 0.500 bits per heavy atom. The molecule has 0 atom stereocenters. The first kappa shape index (κ1) is 74.5. The van der Waals surface area contributed by atoms with Crippen molar-refractivity contribution < 1.29 is 19.5 Å². The van der Waals surface area contributed by atoms with E-state index in [1.165, 1.54) is 0 Å². The first-order valence-electron chi connectivity index (χ1n) is 0. The minimum Gasteiger partial charge on any atom is 0 e. The maximum absolute atomic E-state index is 0. The Morgan fingerprint density at radius 1 is 0.500 bits per heavy atom. The van der Waals surface area contributed by atoms with E-state index in [0.29, 0.717) is 0 Å². The predicted molar refractivity (Wildman–Crippen MR) is 52.9 cm³/mol. The third-order valence-electron chi connectivity index (χ3n) is 0. The standard InChI is InChI=1S/GeH4.4H2S.Zn/h1H4;4*1H2;. The molecule has 0 radical (unpaired) electrons. The molecule has 0 nitrogen and oxygen atoms in total. The summed E-state index contributed by atoms with van der Waals surface area (Å²) in [4.78, 5) is 0. The second kappa shape index (κ2) is 49.5. The van der Waals surface area contributed by atoms with E-state index in [2.05, 4.69) is 0 Å². The minimum atomic E-state index is 0. The Kier molecular flexibility index (Phi) is 615. The fourth-order valence-corrected chi connectivity index (χ4v) is 0. The van der Waals surface area contributed by atoms with Gasteiger partial charge in [0.1, 0.15) is 0 Å². The summed E-state index contributed by atoms with van der Waals surface area (Å²) in [5.74, 6) is 0. The van der Waals surface area contributed by atoms with Gasteiger partial charge in [0.05, 0.1) is 0 Å². The summed E-state index contributed by atoms with van der Waals surface area (Å²) >= 11 is 0. The molecule has 6 heavy (non-hydrogen) atoms. The van der Waals surface area contributed by atoms with Gasteiger partial charge in [-0.3, -0.25) is 0 Å². The molecule has 0 unspecified atom stereocenters. The van der Waals surface area contributed by atoms with Crippen LogP contribution in [0.3, 0.4) is 0 Å². The van der Waals surface area contributed by atoms with Crippen LogP contribution in [0.25, 0.3) is 0 Å². The molecule has 0 saturated heterocycles. The van der Waals surface area contributed by atoms with Gasteiger partial charge in [-0.1, -0.05) is 0 Å². The van der Waals surface area contributed by atoms with Crippen LogP contribution < -0.4 is 0 Å². The zero-order valence-corrected chi connectivity index (χ0v) is 9.67. The first-order valence-corrected chi connectivity index (χ1v) is 0. The van der Waals surface area contributed by atoms with E-state index in [1.807, 2.05) is 0 Å². The van der Waals surface area contributed by atoms with Crippen molar-refractivity contribution in [1.29, 1.82) is 0 Å². The maximum atomic E-state index is 0. The number of rotatable bonds is 0. The van der Waals surface area contributed by atoms with Crippen LogP contribution >= 0.6 is 54.0 Å². The SMILES string of the molecule is S.S.S.S.[GeH4].[Zn]. The van der Waals surface area contributed by atoms with Gasteiger partial charge in [-0.25, -0.2) is 0 Å². The van der Waals surface area contributed by atoms with Gasteiger partial charge in [-0.15, -0.1) is 0 Å². The van der Waals surface area contributed by atoms with Crippen LogP contribution in [0.1, 0.15) is 0 Å². The minimum absolute atomic E-state index is 0. The third-order valence-corrected chi connectivity index (χ3v) is 0. The van der Waals surface area contributed by atoms with E-state index in [9.17, 15) is 0 Å². The molecule has 0 aliphatic heterocycles. The van der Waals surface area contributed by atoms with Gasteiger partial charge in [0.15, 0.2) is 0 Å². The zero-order chi connectivity index (χ0) is 0. The fourth-order valence-electron chi connectivity index (χ4n) is 0. The van der Waals surface area contributed by atoms with Crippen molar-refractivity contribution in [2.75, 3.05) is 0 Å². The smallest absolute Gasteiger partial charge is 0 e. The molecule has 0 bridgehead atoms. The second-order valence-corrected chi connectivity index (χ2v) is 0. The van der Waals surface area contributed by atoms with Gasteiger partial charge < -0.3 is 0 Å². The molecule has 0 fully saturated rings. The first-order chi connectivity index (χ1) is 0. The van der Waals surface area contributed by atoms with Gasteiger partial charge in [0.25, 0.3) is 0 Å². The quantitative estimate of drug-likeness (QED) is 0.499. The molecule has 0 aromatic carbocycles. The van der Waals surface area contributed by atoms with Crippen LogP contribution in [-0.4, -0.2) is 17.6 Å². The molecule has 0 heterocycles. The molecular formula is H12GeS4Zn. The summed E-state index contributed by atoms with van der Waals surface area (Å²) in [6.07, 6.45) is 0. The average molecular weight is 278 g/mol. The molecule has 0 spiro atoms. The van der Waals surface area contributed by atoms with Crippen LogP contribution in [-0.2, 0) is 19.5 Å². The van der Waals surface area contributed by atoms with Crippen LogP contribution in [0.5, 0.6) is 0 Å². The van der Waals surface area contributed by atoms with Crippen LogP contribution in [0.4, 0.5) is 0 Å². The van der Waals surface area contributed by atoms with Gasteiger partial charge in [0, 0.05) is 19.5 Å². The molecule has 0 aliphatic rings. The Labute approximate surface area is 90.1 Å². The van der Waals surface area contributed by atoms with Gasteiger partial charge in [0.2, 0.25) is 0 Å². The summed E-state index contributed by atoms with van der Waals surface area (Å²) in [6.45, 7) is 0. The van der Waals surface area contributed by atoms with E-state index in [-0.39, 0.29) is 91.1 Å². The Balaban J connectivity index is 0. The van der Waals surface area contributed by atoms with Crippen molar-refractivity contribution in [3.63, 3.8) is 0 Å². The fraction of sp³-hybridized carbons (Fsp3) is 0. The van der Waals surface area contributed by atoms with Crippen LogP contribution in [0.2, 0.25) is 0 Å². The van der Waals surface area contributed by atoms with Crippen molar-refractivity contribution >= 4 is 71.6 Å². The summed E-state index contributed by atoms with van der Waals surface area (Å²) in [7, 11) is 0. The third kappa shape index (κ3) is 30.9. The Morgan fingerprint density at radius 3 is 0.500 bits per heavy atom. The molecule has 0 saturated carbocycles. The number of hydrogen-bond acceptors (Lipinski definition) is 0.